The number of Topliss-reactive ketones (excluding diaryl/α,β-unsaturated/α-hetero) is 2. The van der Waals surface area contributed by atoms with Crippen LogP contribution in [0.1, 0.15) is 80.1 Å². The zero-order valence-corrected chi connectivity index (χ0v) is 14.1. The Hall–Kier alpha value is -0.660. The molecule has 2 saturated carbocycles. The Morgan fingerprint density at radius 1 is 0.600 bits per heavy atom. The third-order valence-corrected chi connectivity index (χ3v) is 5.72. The fourth-order valence-corrected chi connectivity index (χ4v) is 5.28. The molecule has 0 aromatic heterocycles. The Balaban J connectivity index is 2.36. The highest BCUT2D eigenvalue weighted by atomic mass is 16.1. The number of hydrogen-bond donors (Lipinski definition) is 0. The van der Waals surface area contributed by atoms with Gasteiger partial charge in [0.15, 0.2) is 0 Å². The molecule has 0 radical (unpaired) electrons. The third-order valence-electron chi connectivity index (χ3n) is 5.72. The molecule has 0 aromatic rings. The summed E-state index contributed by atoms with van der Waals surface area (Å²) in [6, 6.07) is 0. The number of carbonyl (C=O) groups is 2. The third kappa shape index (κ3) is 2.84. The van der Waals surface area contributed by atoms with Crippen LogP contribution in [0.3, 0.4) is 0 Å². The lowest BCUT2D eigenvalue weighted by molar-refractivity contribution is -0.146. The van der Waals surface area contributed by atoms with Crippen LogP contribution in [0.5, 0.6) is 0 Å². The zero-order valence-electron chi connectivity index (χ0n) is 14.1. The van der Waals surface area contributed by atoms with Gasteiger partial charge in [0, 0.05) is 25.7 Å². The van der Waals surface area contributed by atoms with Crippen molar-refractivity contribution in [3.63, 3.8) is 0 Å². The molecule has 0 heterocycles. The molecule has 0 N–H and O–H groups in total. The first-order valence-electron chi connectivity index (χ1n) is 7.90. The van der Waals surface area contributed by atoms with Crippen LogP contribution in [0.2, 0.25) is 0 Å². The summed E-state index contributed by atoms with van der Waals surface area (Å²) in [4.78, 5) is 24.5. The van der Waals surface area contributed by atoms with E-state index in [0.717, 1.165) is 12.8 Å². The molecule has 0 amide bonds. The highest BCUT2D eigenvalue weighted by Crippen LogP contribution is 2.61. The largest absolute Gasteiger partial charge is 0.300 e. The van der Waals surface area contributed by atoms with E-state index >= 15 is 0 Å². The van der Waals surface area contributed by atoms with Crippen molar-refractivity contribution >= 4 is 11.6 Å². The van der Waals surface area contributed by atoms with Gasteiger partial charge in [0.05, 0.1) is 0 Å². The Morgan fingerprint density at radius 3 is 1.15 bits per heavy atom. The molecule has 20 heavy (non-hydrogen) atoms. The van der Waals surface area contributed by atoms with Gasteiger partial charge in [0.1, 0.15) is 11.6 Å². The molecule has 0 aromatic carbocycles. The van der Waals surface area contributed by atoms with E-state index in [1.54, 1.807) is 0 Å². The SMILES string of the molecule is CC1(C)CC(=O)CC(C)(C2(C)CC(=O)CC(C)(C)C2)C1. The van der Waals surface area contributed by atoms with Crippen LogP contribution in [-0.4, -0.2) is 11.6 Å². The minimum absolute atomic E-state index is 0.0425. The van der Waals surface area contributed by atoms with Crippen molar-refractivity contribution < 1.29 is 9.59 Å². The van der Waals surface area contributed by atoms with Crippen LogP contribution in [0.25, 0.3) is 0 Å². The van der Waals surface area contributed by atoms with E-state index < -0.39 is 0 Å². The molecule has 2 aliphatic carbocycles. The van der Waals surface area contributed by atoms with Crippen LogP contribution in [0.4, 0.5) is 0 Å². The zero-order chi connectivity index (χ0) is 15.4. The first kappa shape index (κ1) is 15.7. The topological polar surface area (TPSA) is 34.1 Å². The first-order chi connectivity index (χ1) is 8.87. The Labute approximate surface area is 123 Å². The molecular formula is C18H30O2. The fraction of sp³-hybridized carbons (Fsp3) is 0.889. The van der Waals surface area contributed by atoms with Gasteiger partial charge in [-0.3, -0.25) is 9.59 Å². The van der Waals surface area contributed by atoms with Crippen molar-refractivity contribution in [1.29, 1.82) is 0 Å². The fourth-order valence-electron chi connectivity index (χ4n) is 5.28. The minimum atomic E-state index is -0.0425. The number of ketones is 2. The molecule has 2 atom stereocenters. The molecule has 2 heteroatoms. The molecule has 2 fully saturated rings. The summed E-state index contributed by atoms with van der Waals surface area (Å²) in [5.74, 6) is 0.751. The van der Waals surface area contributed by atoms with Gasteiger partial charge in [0.25, 0.3) is 0 Å². The quantitative estimate of drug-likeness (QED) is 0.704. The second kappa shape index (κ2) is 4.42. The van der Waals surface area contributed by atoms with Crippen LogP contribution in [0.15, 0.2) is 0 Å². The maximum absolute atomic E-state index is 12.2. The Bertz CT molecular complexity index is 404. The molecule has 0 aliphatic heterocycles. The van der Waals surface area contributed by atoms with Crippen LogP contribution in [0, 0.1) is 21.7 Å². The molecule has 2 nitrogen and oxygen atoms in total. The monoisotopic (exact) mass is 278 g/mol. The Kier molecular flexibility index (Phi) is 3.47. The number of rotatable bonds is 1. The van der Waals surface area contributed by atoms with E-state index in [-0.39, 0.29) is 21.7 Å². The van der Waals surface area contributed by atoms with Gasteiger partial charge in [-0.25, -0.2) is 0 Å². The van der Waals surface area contributed by atoms with Crippen molar-refractivity contribution in [2.45, 2.75) is 80.1 Å². The van der Waals surface area contributed by atoms with E-state index in [9.17, 15) is 9.59 Å². The summed E-state index contributed by atoms with van der Waals surface area (Å²) < 4.78 is 0. The predicted molar refractivity (Wildman–Crippen MR) is 81.5 cm³/mol. The van der Waals surface area contributed by atoms with Gasteiger partial charge in [-0.15, -0.1) is 0 Å². The van der Waals surface area contributed by atoms with Gasteiger partial charge in [-0.1, -0.05) is 41.5 Å². The maximum Gasteiger partial charge on any atom is 0.134 e. The average molecular weight is 278 g/mol. The summed E-state index contributed by atoms with van der Waals surface area (Å²) in [7, 11) is 0. The molecule has 114 valence electrons. The van der Waals surface area contributed by atoms with Crippen LogP contribution < -0.4 is 0 Å². The lowest BCUT2D eigenvalue weighted by atomic mass is 9.47. The molecular weight excluding hydrogens is 248 g/mol. The van der Waals surface area contributed by atoms with E-state index in [1.165, 1.54) is 0 Å². The summed E-state index contributed by atoms with van der Waals surface area (Å²) in [5, 5.41) is 0. The smallest absolute Gasteiger partial charge is 0.134 e. The predicted octanol–water partition coefficient (Wildman–Crippen LogP) is 4.56. The van der Waals surface area contributed by atoms with Crippen molar-refractivity contribution in [2.24, 2.45) is 21.7 Å². The first-order valence-corrected chi connectivity index (χ1v) is 7.90. The van der Waals surface area contributed by atoms with Crippen LogP contribution in [-0.2, 0) is 9.59 Å². The average Bonchev–Trinajstić information content (AvgIpc) is 2.07. The summed E-state index contributed by atoms with van der Waals surface area (Å²) in [6.45, 7) is 13.3. The summed E-state index contributed by atoms with van der Waals surface area (Å²) in [5.41, 5.74) is 0.0494. The van der Waals surface area contributed by atoms with Crippen molar-refractivity contribution in [2.75, 3.05) is 0 Å². The summed E-state index contributed by atoms with van der Waals surface area (Å²) >= 11 is 0. The molecule has 0 bridgehead atoms. The van der Waals surface area contributed by atoms with E-state index in [0.29, 0.717) is 37.2 Å². The second-order valence-electron chi connectivity index (χ2n) is 9.59. The van der Waals surface area contributed by atoms with Gasteiger partial charge in [-0.2, -0.15) is 0 Å². The maximum atomic E-state index is 12.2. The minimum Gasteiger partial charge on any atom is -0.300 e. The van der Waals surface area contributed by atoms with Gasteiger partial charge in [-0.05, 0) is 34.5 Å². The van der Waals surface area contributed by atoms with Gasteiger partial charge >= 0.3 is 0 Å². The summed E-state index contributed by atoms with van der Waals surface area (Å²) in [6.07, 6.45) is 4.77. The lowest BCUT2D eigenvalue weighted by Crippen LogP contribution is -2.51. The van der Waals surface area contributed by atoms with Crippen molar-refractivity contribution in [1.82, 2.24) is 0 Å². The van der Waals surface area contributed by atoms with E-state index in [4.69, 9.17) is 0 Å². The number of carbonyl (C=O) groups excluding carboxylic acids is 2. The van der Waals surface area contributed by atoms with Gasteiger partial charge in [0.2, 0.25) is 0 Å². The molecule has 0 spiro atoms. The lowest BCUT2D eigenvalue weighted by Gasteiger charge is -2.56. The molecule has 2 aliphatic rings. The highest BCUT2D eigenvalue weighted by Gasteiger charge is 2.55. The second-order valence-corrected chi connectivity index (χ2v) is 9.59. The van der Waals surface area contributed by atoms with Gasteiger partial charge < -0.3 is 0 Å². The standard InChI is InChI=1S/C18H30O2/c1-15(2)7-13(19)9-17(5,11-15)18(6)10-14(20)8-16(3,4)12-18/h7-12H2,1-6H3. The highest BCUT2D eigenvalue weighted by molar-refractivity contribution is 5.83. The normalized spacial score (nSPS) is 40.7. The van der Waals surface area contributed by atoms with Crippen LogP contribution >= 0.6 is 0 Å². The molecule has 2 unspecified atom stereocenters. The Morgan fingerprint density at radius 2 is 0.900 bits per heavy atom. The molecule has 2 rings (SSSR count). The van der Waals surface area contributed by atoms with Crippen molar-refractivity contribution in [3.8, 4) is 0 Å². The number of hydrogen-bond acceptors (Lipinski definition) is 2. The molecule has 0 saturated heterocycles. The van der Waals surface area contributed by atoms with E-state index in [1.807, 2.05) is 0 Å². The van der Waals surface area contributed by atoms with Crippen molar-refractivity contribution in [3.05, 3.63) is 0 Å². The van der Waals surface area contributed by atoms with E-state index in [2.05, 4.69) is 41.5 Å².